The van der Waals surface area contributed by atoms with Gasteiger partial charge < -0.3 is 20.1 Å². The quantitative estimate of drug-likeness (QED) is 0.271. The molecule has 1 heterocycles. The summed E-state index contributed by atoms with van der Waals surface area (Å²) in [7, 11) is 0. The van der Waals surface area contributed by atoms with Gasteiger partial charge in [0.05, 0.1) is 31.1 Å². The fourth-order valence-electron chi connectivity index (χ4n) is 5.30. The Bertz CT molecular complexity index is 677. The number of carbonyl (C=O) groups is 3. The monoisotopic (exact) mass is 450 g/mol. The number of fused-ring (bicyclic) bond motifs is 1. The first-order chi connectivity index (χ1) is 15.3. The lowest BCUT2D eigenvalue weighted by atomic mass is 9.69. The Balaban J connectivity index is 2.43. The number of carbonyl (C=O) groups excluding carboxylic acids is 3. The molecule has 2 N–H and O–H groups in total. The molecule has 0 aromatic rings. The van der Waals surface area contributed by atoms with Crippen molar-refractivity contribution in [2.75, 3.05) is 19.8 Å². The van der Waals surface area contributed by atoms with Crippen LogP contribution < -0.4 is 5.32 Å². The van der Waals surface area contributed by atoms with Crippen LogP contribution in [0.3, 0.4) is 0 Å². The van der Waals surface area contributed by atoms with Gasteiger partial charge in [0.15, 0.2) is 0 Å². The molecule has 7 heteroatoms. The number of unbranched alkanes of at least 4 members (excludes halogenated alkanes) is 2. The molecule has 0 spiro atoms. The first kappa shape index (κ1) is 26.4. The second kappa shape index (κ2) is 12.4. The number of nitrogens with zero attached hydrogens (tertiary/aromatic N) is 1. The van der Waals surface area contributed by atoms with Crippen LogP contribution in [-0.4, -0.2) is 59.6 Å². The van der Waals surface area contributed by atoms with Crippen LogP contribution in [0.1, 0.15) is 66.7 Å². The molecule has 2 amide bonds. The van der Waals surface area contributed by atoms with E-state index >= 15 is 0 Å². The van der Waals surface area contributed by atoms with E-state index < -0.39 is 29.8 Å². The van der Waals surface area contributed by atoms with Crippen LogP contribution in [0, 0.1) is 29.6 Å². The van der Waals surface area contributed by atoms with Crippen LogP contribution in [-0.2, 0) is 19.1 Å². The predicted octanol–water partition coefficient (Wildman–Crippen LogP) is 2.92. The zero-order valence-electron chi connectivity index (χ0n) is 20.4. The van der Waals surface area contributed by atoms with Gasteiger partial charge in [-0.05, 0) is 38.0 Å². The lowest BCUT2D eigenvalue weighted by molar-refractivity contribution is -0.156. The van der Waals surface area contributed by atoms with Crippen molar-refractivity contribution in [3.8, 4) is 0 Å². The van der Waals surface area contributed by atoms with E-state index in [9.17, 15) is 19.5 Å². The molecule has 2 rings (SSSR count). The molecule has 32 heavy (non-hydrogen) atoms. The summed E-state index contributed by atoms with van der Waals surface area (Å²) in [6, 6.07) is -1.19. The van der Waals surface area contributed by atoms with Crippen molar-refractivity contribution in [3.63, 3.8) is 0 Å². The summed E-state index contributed by atoms with van der Waals surface area (Å²) in [6.07, 6.45) is 8.19. The summed E-state index contributed by atoms with van der Waals surface area (Å²) in [5.41, 5.74) is 0. The van der Waals surface area contributed by atoms with Crippen molar-refractivity contribution < 1.29 is 24.2 Å². The van der Waals surface area contributed by atoms with Crippen molar-refractivity contribution >= 4 is 17.8 Å². The molecule has 0 aromatic carbocycles. The Morgan fingerprint density at radius 3 is 2.47 bits per heavy atom. The molecule has 1 saturated heterocycles. The Labute approximate surface area is 192 Å². The minimum atomic E-state index is -0.726. The summed E-state index contributed by atoms with van der Waals surface area (Å²) in [4.78, 5) is 41.6. The molecule has 0 aromatic heterocycles. The van der Waals surface area contributed by atoms with Gasteiger partial charge in [-0.25, -0.2) is 0 Å². The van der Waals surface area contributed by atoms with Gasteiger partial charge in [-0.15, -0.1) is 0 Å². The third-order valence-electron chi connectivity index (χ3n) is 6.77. The maximum absolute atomic E-state index is 13.8. The summed E-state index contributed by atoms with van der Waals surface area (Å²) in [5, 5.41) is 13.2. The summed E-state index contributed by atoms with van der Waals surface area (Å²) < 4.78 is 5.35. The first-order valence-electron chi connectivity index (χ1n) is 12.4. The molecule has 0 unspecified atom stereocenters. The Morgan fingerprint density at radius 2 is 1.91 bits per heavy atom. The standard InChI is InChI=1S/C25H42N2O5/c1-6-9-10-13-26-23(29)22-19-12-11-17(7-2)20(25(31)32-8-3)21(19)24(30)27(22)18(15-28)14-16(4)5/h11-12,16-22,28H,6-10,13-15H2,1-5H3,(H,26,29)/t17-,18-,19+,20-,21-,22+/m1/s1. The Hall–Kier alpha value is -1.89. The van der Waals surface area contributed by atoms with E-state index in [2.05, 4.69) is 12.2 Å². The Morgan fingerprint density at radius 1 is 1.19 bits per heavy atom. The van der Waals surface area contributed by atoms with Crippen LogP contribution in [0.2, 0.25) is 0 Å². The second-order valence-corrected chi connectivity index (χ2v) is 9.49. The van der Waals surface area contributed by atoms with Crippen LogP contribution in [0.25, 0.3) is 0 Å². The maximum atomic E-state index is 13.8. The Kier molecular flexibility index (Phi) is 10.2. The molecule has 1 fully saturated rings. The van der Waals surface area contributed by atoms with Crippen LogP contribution in [0.5, 0.6) is 0 Å². The van der Waals surface area contributed by atoms with E-state index in [4.69, 9.17) is 4.74 Å². The largest absolute Gasteiger partial charge is 0.466 e. The van der Waals surface area contributed by atoms with Crippen LogP contribution >= 0.6 is 0 Å². The third-order valence-corrected chi connectivity index (χ3v) is 6.77. The van der Waals surface area contributed by atoms with Gasteiger partial charge in [0.25, 0.3) is 0 Å². The number of rotatable bonds is 12. The minimum Gasteiger partial charge on any atom is -0.466 e. The smallest absolute Gasteiger partial charge is 0.310 e. The molecule has 7 nitrogen and oxygen atoms in total. The van der Waals surface area contributed by atoms with Crippen molar-refractivity contribution in [2.45, 2.75) is 78.8 Å². The van der Waals surface area contributed by atoms with Gasteiger partial charge in [-0.3, -0.25) is 14.4 Å². The highest BCUT2D eigenvalue weighted by atomic mass is 16.5. The average Bonchev–Trinajstić information content (AvgIpc) is 3.06. The molecular formula is C25H42N2O5. The highest BCUT2D eigenvalue weighted by Crippen LogP contribution is 2.46. The van der Waals surface area contributed by atoms with Crippen molar-refractivity contribution in [2.24, 2.45) is 29.6 Å². The van der Waals surface area contributed by atoms with Crippen molar-refractivity contribution in [1.82, 2.24) is 10.2 Å². The van der Waals surface area contributed by atoms with E-state index in [1.165, 1.54) is 0 Å². The number of amides is 2. The molecule has 0 bridgehead atoms. The third kappa shape index (κ3) is 5.72. The number of allylic oxidation sites excluding steroid dienone is 1. The topological polar surface area (TPSA) is 95.9 Å². The molecular weight excluding hydrogens is 408 g/mol. The number of ether oxygens (including phenoxy) is 1. The number of likely N-dealkylation sites (tertiary alicyclic amines) is 1. The minimum absolute atomic E-state index is 0.106. The van der Waals surface area contributed by atoms with Crippen molar-refractivity contribution in [3.05, 3.63) is 12.2 Å². The number of nitrogens with one attached hydrogen (secondary N) is 1. The van der Waals surface area contributed by atoms with Crippen LogP contribution in [0.15, 0.2) is 12.2 Å². The summed E-state index contributed by atoms with van der Waals surface area (Å²) in [5.74, 6) is -2.32. The predicted molar refractivity (Wildman–Crippen MR) is 124 cm³/mol. The SMILES string of the molecule is CCCCCNC(=O)[C@@H]1[C@H]2C=C[C@@H](CC)[C@@H](C(=O)OCC)[C@@H]2C(=O)N1[C@@H](CO)CC(C)C. The van der Waals surface area contributed by atoms with E-state index in [1.54, 1.807) is 11.8 Å². The number of aliphatic hydroxyl groups excluding tert-OH is 1. The van der Waals surface area contributed by atoms with Gasteiger partial charge in [0.2, 0.25) is 11.8 Å². The molecule has 0 radical (unpaired) electrons. The first-order valence-corrected chi connectivity index (χ1v) is 12.4. The summed E-state index contributed by atoms with van der Waals surface area (Å²) >= 11 is 0. The molecule has 2 aliphatic rings. The summed E-state index contributed by atoms with van der Waals surface area (Å²) in [6.45, 7) is 10.5. The second-order valence-electron chi connectivity index (χ2n) is 9.49. The maximum Gasteiger partial charge on any atom is 0.310 e. The number of aliphatic hydroxyl groups is 1. The zero-order valence-corrected chi connectivity index (χ0v) is 20.4. The highest BCUT2D eigenvalue weighted by Gasteiger charge is 2.58. The molecule has 6 atom stereocenters. The number of hydrogen-bond acceptors (Lipinski definition) is 5. The van der Waals surface area contributed by atoms with Gasteiger partial charge in [-0.2, -0.15) is 0 Å². The lowest BCUT2D eigenvalue weighted by Gasteiger charge is -2.34. The van der Waals surface area contributed by atoms with Gasteiger partial charge in [0.1, 0.15) is 6.04 Å². The van der Waals surface area contributed by atoms with E-state index in [1.807, 2.05) is 32.9 Å². The molecule has 1 aliphatic heterocycles. The van der Waals surface area contributed by atoms with Crippen molar-refractivity contribution in [1.29, 1.82) is 0 Å². The highest BCUT2D eigenvalue weighted by molar-refractivity contribution is 5.96. The normalized spacial score (nSPS) is 28.0. The molecule has 182 valence electrons. The average molecular weight is 451 g/mol. The van der Waals surface area contributed by atoms with Crippen LogP contribution in [0.4, 0.5) is 0 Å². The fourth-order valence-corrected chi connectivity index (χ4v) is 5.30. The van der Waals surface area contributed by atoms with E-state index in [-0.39, 0.29) is 42.8 Å². The zero-order chi connectivity index (χ0) is 23.8. The van der Waals surface area contributed by atoms with E-state index in [0.29, 0.717) is 19.4 Å². The van der Waals surface area contributed by atoms with E-state index in [0.717, 1.165) is 19.3 Å². The van der Waals surface area contributed by atoms with Gasteiger partial charge in [0, 0.05) is 12.5 Å². The fraction of sp³-hybridized carbons (Fsp3) is 0.800. The molecule has 0 saturated carbocycles. The lowest BCUT2D eigenvalue weighted by Crippen LogP contribution is -2.52. The number of esters is 1. The van der Waals surface area contributed by atoms with Gasteiger partial charge in [-0.1, -0.05) is 52.7 Å². The molecule has 1 aliphatic carbocycles. The van der Waals surface area contributed by atoms with Gasteiger partial charge >= 0.3 is 5.97 Å². The number of hydrogen-bond donors (Lipinski definition) is 2.